The SMILES string of the molecule is CCCCC(CC)COC(C)OC(=O)C12CC3CC(CC(OC(C)OCC(CC)CCCC)(C3)C1)C2. The normalized spacial score (nSPS) is 32.3. The number of ether oxygens (including phenoxy) is 4. The number of hydrogen-bond acceptors (Lipinski definition) is 5. The highest BCUT2D eigenvalue weighted by atomic mass is 16.7. The molecule has 0 heterocycles. The van der Waals surface area contributed by atoms with E-state index in [2.05, 4.69) is 34.6 Å². The molecule has 4 bridgehead atoms. The Bertz CT molecular complexity index is 649. The number of esters is 1. The van der Waals surface area contributed by atoms with Gasteiger partial charge in [0.15, 0.2) is 12.6 Å². The van der Waals surface area contributed by atoms with Crippen LogP contribution >= 0.6 is 0 Å². The molecule has 6 unspecified atom stereocenters. The number of unbranched alkanes of at least 4 members (excludes halogenated alkanes) is 2. The van der Waals surface area contributed by atoms with Crippen LogP contribution in [0.3, 0.4) is 0 Å². The summed E-state index contributed by atoms with van der Waals surface area (Å²) in [6.07, 6.45) is 14.8. The predicted octanol–water partition coefficient (Wildman–Crippen LogP) is 8.04. The Hall–Kier alpha value is -0.650. The van der Waals surface area contributed by atoms with E-state index in [1.807, 2.05) is 6.92 Å². The second-order valence-electron chi connectivity index (χ2n) is 12.6. The second kappa shape index (κ2) is 13.9. The first kappa shape index (κ1) is 29.9. The molecule has 0 aromatic carbocycles. The van der Waals surface area contributed by atoms with Crippen LogP contribution in [0.15, 0.2) is 0 Å². The molecular formula is C31H56O5. The Morgan fingerprint density at radius 2 is 1.33 bits per heavy atom. The maximum absolute atomic E-state index is 13.6. The topological polar surface area (TPSA) is 54.0 Å². The fourth-order valence-corrected chi connectivity index (χ4v) is 7.59. The van der Waals surface area contributed by atoms with Crippen molar-refractivity contribution in [3.05, 3.63) is 0 Å². The molecule has 0 aromatic heterocycles. The highest BCUT2D eigenvalue weighted by molar-refractivity contribution is 5.78. The van der Waals surface area contributed by atoms with Crippen molar-refractivity contribution in [1.29, 1.82) is 0 Å². The Balaban J connectivity index is 1.55. The van der Waals surface area contributed by atoms with Crippen LogP contribution in [0.4, 0.5) is 0 Å². The first-order valence-electron chi connectivity index (χ1n) is 15.4. The van der Waals surface area contributed by atoms with Crippen molar-refractivity contribution in [2.75, 3.05) is 13.2 Å². The van der Waals surface area contributed by atoms with E-state index in [9.17, 15) is 4.79 Å². The fourth-order valence-electron chi connectivity index (χ4n) is 7.59. The Labute approximate surface area is 221 Å². The van der Waals surface area contributed by atoms with Gasteiger partial charge >= 0.3 is 5.97 Å². The van der Waals surface area contributed by atoms with E-state index >= 15 is 0 Å². The highest BCUT2D eigenvalue weighted by Gasteiger charge is 2.62. The van der Waals surface area contributed by atoms with Crippen molar-refractivity contribution in [2.24, 2.45) is 29.1 Å². The summed E-state index contributed by atoms with van der Waals surface area (Å²) in [6, 6.07) is 0. The van der Waals surface area contributed by atoms with Crippen molar-refractivity contribution in [3.8, 4) is 0 Å². The van der Waals surface area contributed by atoms with Crippen LogP contribution in [0.2, 0.25) is 0 Å². The van der Waals surface area contributed by atoms with Gasteiger partial charge in [0.1, 0.15) is 0 Å². The summed E-state index contributed by atoms with van der Waals surface area (Å²) >= 11 is 0. The highest BCUT2D eigenvalue weighted by Crippen LogP contribution is 2.63. The summed E-state index contributed by atoms with van der Waals surface area (Å²) in [5.41, 5.74) is -0.661. The van der Waals surface area contributed by atoms with E-state index < -0.39 is 11.7 Å². The third-order valence-corrected chi connectivity index (χ3v) is 9.35. The molecule has 0 aliphatic heterocycles. The van der Waals surface area contributed by atoms with E-state index in [1.165, 1.54) is 44.9 Å². The maximum atomic E-state index is 13.6. The van der Waals surface area contributed by atoms with Crippen LogP contribution in [0.25, 0.3) is 0 Å². The van der Waals surface area contributed by atoms with E-state index in [4.69, 9.17) is 18.9 Å². The molecule has 4 aliphatic rings. The summed E-state index contributed by atoms with van der Waals surface area (Å²) in [7, 11) is 0. The monoisotopic (exact) mass is 508 g/mol. The first-order valence-corrected chi connectivity index (χ1v) is 15.4. The minimum absolute atomic E-state index is 0.0575. The van der Waals surface area contributed by atoms with Crippen LogP contribution in [0.5, 0.6) is 0 Å². The Morgan fingerprint density at radius 1 is 0.806 bits per heavy atom. The van der Waals surface area contributed by atoms with Gasteiger partial charge in [-0.05, 0) is 88.9 Å². The van der Waals surface area contributed by atoms with Gasteiger partial charge in [-0.1, -0.05) is 66.2 Å². The average molecular weight is 509 g/mol. The molecule has 4 fully saturated rings. The van der Waals surface area contributed by atoms with Gasteiger partial charge in [-0.3, -0.25) is 4.79 Å². The zero-order valence-electron chi connectivity index (χ0n) is 24.3. The van der Waals surface area contributed by atoms with Crippen LogP contribution in [-0.4, -0.2) is 37.4 Å². The molecule has 0 spiro atoms. The van der Waals surface area contributed by atoms with Crippen molar-refractivity contribution < 1.29 is 23.7 Å². The fraction of sp³-hybridized carbons (Fsp3) is 0.968. The maximum Gasteiger partial charge on any atom is 0.314 e. The smallest absolute Gasteiger partial charge is 0.314 e. The lowest BCUT2D eigenvalue weighted by molar-refractivity contribution is -0.270. The molecule has 4 saturated carbocycles. The van der Waals surface area contributed by atoms with Gasteiger partial charge in [0.25, 0.3) is 0 Å². The zero-order chi connectivity index (χ0) is 26.2. The molecule has 4 rings (SSSR count). The number of carbonyl (C=O) groups excluding carboxylic acids is 1. The lowest BCUT2D eigenvalue weighted by Crippen LogP contribution is -2.60. The molecule has 5 nitrogen and oxygen atoms in total. The summed E-state index contributed by atoms with van der Waals surface area (Å²) in [5, 5.41) is 0. The third-order valence-electron chi connectivity index (χ3n) is 9.35. The Kier molecular flexibility index (Phi) is 11.6. The van der Waals surface area contributed by atoms with E-state index in [1.54, 1.807) is 0 Å². The van der Waals surface area contributed by atoms with Crippen LogP contribution < -0.4 is 0 Å². The average Bonchev–Trinajstić information content (AvgIpc) is 2.83. The molecule has 0 aromatic rings. The molecule has 5 heteroatoms. The van der Waals surface area contributed by atoms with Gasteiger partial charge < -0.3 is 18.9 Å². The molecule has 0 amide bonds. The van der Waals surface area contributed by atoms with Gasteiger partial charge in [-0.2, -0.15) is 0 Å². The van der Waals surface area contributed by atoms with Gasteiger partial charge in [0.05, 0.1) is 24.2 Å². The summed E-state index contributed by atoms with van der Waals surface area (Å²) in [6.45, 7) is 14.3. The summed E-state index contributed by atoms with van der Waals surface area (Å²) in [5.74, 6) is 2.18. The van der Waals surface area contributed by atoms with Crippen molar-refractivity contribution in [2.45, 2.75) is 150 Å². The van der Waals surface area contributed by atoms with Crippen molar-refractivity contribution in [1.82, 2.24) is 0 Å². The molecule has 210 valence electrons. The minimum atomic E-state index is -0.491. The van der Waals surface area contributed by atoms with Crippen LogP contribution in [-0.2, 0) is 23.7 Å². The molecule has 36 heavy (non-hydrogen) atoms. The summed E-state index contributed by atoms with van der Waals surface area (Å²) < 4.78 is 24.9. The van der Waals surface area contributed by atoms with Gasteiger partial charge in [-0.25, -0.2) is 0 Å². The number of rotatable bonds is 18. The summed E-state index contributed by atoms with van der Waals surface area (Å²) in [4.78, 5) is 13.6. The van der Waals surface area contributed by atoms with E-state index in [0.29, 0.717) is 30.3 Å². The van der Waals surface area contributed by atoms with Crippen molar-refractivity contribution >= 4 is 5.97 Å². The van der Waals surface area contributed by atoms with E-state index in [0.717, 1.165) is 51.6 Å². The van der Waals surface area contributed by atoms with Gasteiger partial charge in [0.2, 0.25) is 0 Å². The minimum Gasteiger partial charge on any atom is -0.436 e. The molecule has 0 radical (unpaired) electrons. The molecule has 0 N–H and O–H groups in total. The zero-order valence-corrected chi connectivity index (χ0v) is 24.3. The molecule has 6 atom stereocenters. The third kappa shape index (κ3) is 7.93. The van der Waals surface area contributed by atoms with Crippen molar-refractivity contribution in [3.63, 3.8) is 0 Å². The second-order valence-corrected chi connectivity index (χ2v) is 12.6. The molecule has 4 aliphatic carbocycles. The molecular weight excluding hydrogens is 452 g/mol. The number of carbonyl (C=O) groups is 1. The van der Waals surface area contributed by atoms with Crippen LogP contribution in [0, 0.1) is 29.1 Å². The molecule has 0 saturated heterocycles. The predicted molar refractivity (Wildman–Crippen MR) is 144 cm³/mol. The van der Waals surface area contributed by atoms with Gasteiger partial charge in [0, 0.05) is 0 Å². The lowest BCUT2D eigenvalue weighted by Gasteiger charge is -2.60. The van der Waals surface area contributed by atoms with Crippen LogP contribution in [0.1, 0.15) is 131 Å². The van der Waals surface area contributed by atoms with Gasteiger partial charge in [-0.15, -0.1) is 0 Å². The van der Waals surface area contributed by atoms with E-state index in [-0.39, 0.29) is 17.9 Å². The lowest BCUT2D eigenvalue weighted by atomic mass is 9.48. The quantitative estimate of drug-likeness (QED) is 0.138. The standard InChI is InChI=1S/C31H56O5/c1-7-11-13-25(9-3)20-33-23(5)35-29(32)30-16-27-15-28(17-30)19-31(18-27,22-30)36-24(6)34-21-26(10-4)14-12-8-2/h23-28H,7-22H2,1-6H3. The number of hydrogen-bond donors (Lipinski definition) is 0. The largest absolute Gasteiger partial charge is 0.436 e. The Morgan fingerprint density at radius 3 is 1.83 bits per heavy atom. The first-order chi connectivity index (χ1) is 17.3.